The number of nitrogens with zero attached hydrogens (tertiary/aromatic N) is 1. The Labute approximate surface area is 112 Å². The van der Waals surface area contributed by atoms with Gasteiger partial charge >= 0.3 is 5.97 Å². The molecule has 19 heavy (non-hydrogen) atoms. The Bertz CT molecular complexity index is 377. The molecule has 2 fully saturated rings. The molecule has 0 aromatic carbocycles. The Morgan fingerprint density at radius 3 is 2.58 bits per heavy atom. The Morgan fingerprint density at radius 2 is 1.95 bits per heavy atom. The zero-order valence-corrected chi connectivity index (χ0v) is 10.9. The van der Waals surface area contributed by atoms with Gasteiger partial charge in [0.25, 0.3) is 0 Å². The van der Waals surface area contributed by atoms with E-state index in [-0.39, 0.29) is 30.6 Å². The number of hydrogen-bond donors (Lipinski definition) is 2. The first kappa shape index (κ1) is 14.0. The van der Waals surface area contributed by atoms with Gasteiger partial charge in [-0.2, -0.15) is 0 Å². The molecule has 2 saturated heterocycles. The van der Waals surface area contributed by atoms with Gasteiger partial charge in [-0.3, -0.25) is 9.59 Å². The van der Waals surface area contributed by atoms with Gasteiger partial charge in [-0.25, -0.2) is 4.79 Å². The largest absolute Gasteiger partial charge is 0.480 e. The topological polar surface area (TPSA) is 86.7 Å². The highest BCUT2D eigenvalue weighted by atomic mass is 16.4. The molecule has 6 nitrogen and oxygen atoms in total. The van der Waals surface area contributed by atoms with E-state index < -0.39 is 12.0 Å². The number of likely N-dealkylation sites (tertiary alicyclic amines) is 1. The van der Waals surface area contributed by atoms with Crippen molar-refractivity contribution in [3.8, 4) is 0 Å². The fraction of sp³-hybridized carbons (Fsp3) is 0.769. The predicted octanol–water partition coefficient (Wildman–Crippen LogP) is 0.163. The van der Waals surface area contributed by atoms with Gasteiger partial charge in [0.1, 0.15) is 11.8 Å². The number of amides is 1. The van der Waals surface area contributed by atoms with Crippen molar-refractivity contribution in [2.24, 2.45) is 0 Å². The van der Waals surface area contributed by atoms with Crippen LogP contribution in [0, 0.1) is 0 Å². The van der Waals surface area contributed by atoms with Gasteiger partial charge in [-0.05, 0) is 32.2 Å². The van der Waals surface area contributed by atoms with Crippen molar-refractivity contribution in [1.29, 1.82) is 0 Å². The van der Waals surface area contributed by atoms with Crippen molar-refractivity contribution in [3.05, 3.63) is 0 Å². The first-order valence-electron chi connectivity index (χ1n) is 6.88. The van der Waals surface area contributed by atoms with Crippen LogP contribution in [-0.4, -0.2) is 52.8 Å². The van der Waals surface area contributed by atoms with Crippen molar-refractivity contribution in [3.63, 3.8) is 0 Å². The minimum atomic E-state index is -0.949. The van der Waals surface area contributed by atoms with Gasteiger partial charge in [-0.15, -0.1) is 0 Å². The normalized spacial score (nSPS) is 26.6. The maximum absolute atomic E-state index is 12.0. The van der Waals surface area contributed by atoms with E-state index in [1.807, 2.05) is 0 Å². The summed E-state index contributed by atoms with van der Waals surface area (Å²) in [5, 5.41) is 12.1. The summed E-state index contributed by atoms with van der Waals surface area (Å²) in [6.45, 7) is 1.35. The molecule has 0 bridgehead atoms. The smallest absolute Gasteiger partial charge is 0.326 e. The van der Waals surface area contributed by atoms with Gasteiger partial charge in [0.05, 0.1) is 6.04 Å². The quantitative estimate of drug-likeness (QED) is 0.742. The van der Waals surface area contributed by atoms with E-state index in [0.717, 1.165) is 25.8 Å². The zero-order chi connectivity index (χ0) is 13.8. The Hall–Kier alpha value is -1.43. The van der Waals surface area contributed by atoms with Crippen LogP contribution in [0.25, 0.3) is 0 Å². The summed E-state index contributed by atoms with van der Waals surface area (Å²) in [4.78, 5) is 36.2. The lowest BCUT2D eigenvalue weighted by atomic mass is 10.1. The Balaban J connectivity index is 1.80. The van der Waals surface area contributed by atoms with E-state index in [1.54, 1.807) is 0 Å². The van der Waals surface area contributed by atoms with Crippen LogP contribution in [0.15, 0.2) is 0 Å². The number of ketones is 1. The molecule has 2 heterocycles. The number of Topliss-reactive ketones (excluding diaryl/α,β-unsaturated/α-hetero) is 1. The molecule has 0 unspecified atom stereocenters. The second kappa shape index (κ2) is 6.14. The Morgan fingerprint density at radius 1 is 1.16 bits per heavy atom. The minimum absolute atomic E-state index is 0.0666. The van der Waals surface area contributed by atoms with Crippen molar-refractivity contribution in [2.75, 3.05) is 13.1 Å². The number of rotatable bonds is 5. The molecule has 2 N–H and O–H groups in total. The first-order chi connectivity index (χ1) is 9.09. The number of aliphatic carboxylic acids is 1. The fourth-order valence-corrected chi connectivity index (χ4v) is 2.83. The minimum Gasteiger partial charge on any atom is -0.480 e. The number of carboxylic acid groups (broad SMARTS) is 1. The lowest BCUT2D eigenvalue weighted by molar-refractivity contribution is -0.148. The third kappa shape index (κ3) is 3.32. The van der Waals surface area contributed by atoms with Crippen LogP contribution >= 0.6 is 0 Å². The van der Waals surface area contributed by atoms with E-state index in [9.17, 15) is 14.4 Å². The monoisotopic (exact) mass is 268 g/mol. The maximum Gasteiger partial charge on any atom is 0.326 e. The van der Waals surface area contributed by atoms with Gasteiger partial charge < -0.3 is 15.3 Å². The summed E-state index contributed by atoms with van der Waals surface area (Å²) < 4.78 is 0. The third-order valence-electron chi connectivity index (χ3n) is 3.89. The summed E-state index contributed by atoms with van der Waals surface area (Å²) in [5.74, 6) is -1.09. The molecule has 0 aromatic rings. The molecule has 2 atom stereocenters. The lowest BCUT2D eigenvalue weighted by Crippen LogP contribution is -2.41. The summed E-state index contributed by atoms with van der Waals surface area (Å²) in [6.07, 6.45) is 3.41. The number of carbonyl (C=O) groups is 3. The number of carboxylic acids is 1. The molecule has 0 saturated carbocycles. The SMILES string of the molecule is O=C(CCC(=O)N1CCC[C@H]1C(=O)O)[C@@H]1CCCN1. The van der Waals surface area contributed by atoms with E-state index in [1.165, 1.54) is 4.90 Å². The lowest BCUT2D eigenvalue weighted by Gasteiger charge is -2.21. The molecule has 0 spiro atoms. The molecule has 2 aliphatic rings. The van der Waals surface area contributed by atoms with Gasteiger partial charge in [-0.1, -0.05) is 0 Å². The highest BCUT2D eigenvalue weighted by molar-refractivity contribution is 5.90. The first-order valence-corrected chi connectivity index (χ1v) is 6.88. The zero-order valence-electron chi connectivity index (χ0n) is 10.9. The second-order valence-electron chi connectivity index (χ2n) is 5.20. The third-order valence-corrected chi connectivity index (χ3v) is 3.89. The highest BCUT2D eigenvalue weighted by Crippen LogP contribution is 2.19. The predicted molar refractivity (Wildman–Crippen MR) is 67.6 cm³/mol. The van der Waals surface area contributed by atoms with Crippen molar-refractivity contribution in [2.45, 2.75) is 50.6 Å². The van der Waals surface area contributed by atoms with E-state index in [4.69, 9.17) is 5.11 Å². The molecular weight excluding hydrogens is 248 g/mol. The van der Waals surface area contributed by atoms with Crippen LogP contribution in [0.4, 0.5) is 0 Å². The number of nitrogens with one attached hydrogen (secondary N) is 1. The van der Waals surface area contributed by atoms with E-state index >= 15 is 0 Å². The van der Waals surface area contributed by atoms with E-state index in [0.29, 0.717) is 13.0 Å². The molecule has 106 valence electrons. The maximum atomic E-state index is 12.0. The van der Waals surface area contributed by atoms with Crippen molar-refractivity contribution >= 4 is 17.7 Å². The van der Waals surface area contributed by atoms with Crippen LogP contribution in [0.5, 0.6) is 0 Å². The van der Waals surface area contributed by atoms with Crippen LogP contribution in [-0.2, 0) is 14.4 Å². The summed E-state index contributed by atoms with van der Waals surface area (Å²) in [7, 11) is 0. The Kier molecular flexibility index (Phi) is 4.52. The molecular formula is C13H20N2O4. The van der Waals surface area contributed by atoms with Crippen molar-refractivity contribution < 1.29 is 19.5 Å². The summed E-state index contributed by atoms with van der Waals surface area (Å²) in [6, 6.07) is -0.811. The van der Waals surface area contributed by atoms with Gasteiger partial charge in [0.2, 0.25) is 5.91 Å². The van der Waals surface area contributed by atoms with Crippen molar-refractivity contribution in [1.82, 2.24) is 10.2 Å². The second-order valence-corrected chi connectivity index (χ2v) is 5.20. The average Bonchev–Trinajstić information content (AvgIpc) is 3.04. The molecule has 0 radical (unpaired) electrons. The van der Waals surface area contributed by atoms with Gasteiger partial charge in [0, 0.05) is 19.4 Å². The number of hydrogen-bond acceptors (Lipinski definition) is 4. The molecule has 2 rings (SSSR count). The molecule has 2 aliphatic heterocycles. The summed E-state index contributed by atoms with van der Waals surface area (Å²) in [5.41, 5.74) is 0. The average molecular weight is 268 g/mol. The molecule has 1 amide bonds. The van der Waals surface area contributed by atoms with Gasteiger partial charge in [0.15, 0.2) is 0 Å². The van der Waals surface area contributed by atoms with E-state index in [2.05, 4.69) is 5.32 Å². The highest BCUT2D eigenvalue weighted by Gasteiger charge is 2.34. The van der Waals surface area contributed by atoms with Crippen LogP contribution < -0.4 is 5.32 Å². The van der Waals surface area contributed by atoms with Crippen LogP contribution in [0.3, 0.4) is 0 Å². The molecule has 0 aliphatic carbocycles. The molecule has 0 aromatic heterocycles. The number of carbonyl (C=O) groups excluding carboxylic acids is 2. The fourth-order valence-electron chi connectivity index (χ4n) is 2.83. The standard InChI is InChI=1S/C13H20N2O4/c16-11(9-3-1-7-14-9)5-6-12(17)15-8-2-4-10(15)13(18)19/h9-10,14H,1-8H2,(H,18,19)/t9-,10-/m0/s1. The molecule has 6 heteroatoms. The van der Waals surface area contributed by atoms with Crippen LogP contribution in [0.2, 0.25) is 0 Å². The van der Waals surface area contributed by atoms with Crippen LogP contribution in [0.1, 0.15) is 38.5 Å². The summed E-state index contributed by atoms with van der Waals surface area (Å²) >= 11 is 0.